The Balaban J connectivity index is 0.00000364. The van der Waals surface area contributed by atoms with Crippen molar-refractivity contribution in [1.29, 1.82) is 0 Å². The van der Waals surface area contributed by atoms with Crippen molar-refractivity contribution in [2.75, 3.05) is 34.2 Å². The monoisotopic (exact) mass is 505 g/mol. The maximum atomic E-state index is 13.2. The Labute approximate surface area is 182 Å². The Morgan fingerprint density at radius 3 is 2.44 bits per heavy atom. The van der Waals surface area contributed by atoms with E-state index in [1.165, 1.54) is 12.1 Å². The van der Waals surface area contributed by atoms with Crippen molar-refractivity contribution in [2.24, 2.45) is 4.99 Å². The van der Waals surface area contributed by atoms with E-state index in [4.69, 9.17) is 11.6 Å². The first-order chi connectivity index (χ1) is 12.5. The molecule has 1 heterocycles. The summed E-state index contributed by atoms with van der Waals surface area (Å²) in [5.41, 5.74) is 2.15. The number of guanidine groups is 1. The van der Waals surface area contributed by atoms with Crippen LogP contribution < -0.4 is 10.6 Å². The maximum absolute atomic E-state index is 13.2. The molecule has 1 aromatic carbocycles. The molecule has 0 radical (unpaired) electrons. The first-order valence-corrected chi connectivity index (χ1v) is 8.84. The summed E-state index contributed by atoms with van der Waals surface area (Å²) in [6.07, 6.45) is 2.59. The highest BCUT2D eigenvalue weighted by Gasteiger charge is 2.14. The predicted octanol–water partition coefficient (Wildman–Crippen LogP) is 3.50. The molecule has 0 saturated heterocycles. The average molecular weight is 506 g/mol. The van der Waals surface area contributed by atoms with Gasteiger partial charge in [0.05, 0.1) is 6.04 Å². The van der Waals surface area contributed by atoms with Crippen molar-refractivity contribution >= 4 is 41.5 Å². The molecule has 2 aromatic rings. The van der Waals surface area contributed by atoms with E-state index in [0.29, 0.717) is 11.7 Å². The summed E-state index contributed by atoms with van der Waals surface area (Å²) in [5, 5.41) is 7.11. The second-order valence-electron chi connectivity index (χ2n) is 6.15. The summed E-state index contributed by atoms with van der Waals surface area (Å²) in [6.45, 7) is 1.38. The number of pyridine rings is 1. The molecule has 0 saturated carbocycles. The van der Waals surface area contributed by atoms with Crippen LogP contribution in [0.5, 0.6) is 0 Å². The first kappa shape index (κ1) is 23.6. The Hall–Kier alpha value is -1.45. The molecule has 0 aliphatic heterocycles. The van der Waals surface area contributed by atoms with Crippen molar-refractivity contribution in [3.63, 3.8) is 0 Å². The van der Waals surface area contributed by atoms with Crippen LogP contribution in [-0.4, -0.2) is 50.1 Å². The third kappa shape index (κ3) is 7.98. The van der Waals surface area contributed by atoms with E-state index in [1.807, 2.05) is 32.3 Å². The molecule has 1 unspecified atom stereocenters. The third-order valence-corrected chi connectivity index (χ3v) is 4.28. The molecule has 1 aromatic heterocycles. The largest absolute Gasteiger partial charge is 0.356 e. The number of halogens is 3. The molecule has 148 valence electrons. The van der Waals surface area contributed by atoms with E-state index in [1.54, 1.807) is 19.3 Å². The Morgan fingerprint density at radius 2 is 1.89 bits per heavy atom. The van der Waals surface area contributed by atoms with Crippen LogP contribution in [-0.2, 0) is 6.42 Å². The van der Waals surface area contributed by atoms with Crippen LogP contribution in [0, 0.1) is 5.82 Å². The lowest BCUT2D eigenvalue weighted by Crippen LogP contribution is -2.42. The molecule has 2 N–H and O–H groups in total. The van der Waals surface area contributed by atoms with Crippen LogP contribution in [0.3, 0.4) is 0 Å². The molecule has 0 fully saturated rings. The minimum atomic E-state index is -0.228. The standard InChI is InChI=1S/C19H25ClFN5.HI/c1-22-19(23-11-10-14-4-9-18(20)24-12-14)25-13-17(26(2)3)15-5-7-16(21)8-6-15;/h4-9,12,17H,10-11,13H2,1-3H3,(H2,22,23,25);1H. The quantitative estimate of drug-likeness (QED) is 0.262. The third-order valence-electron chi connectivity index (χ3n) is 4.06. The smallest absolute Gasteiger partial charge is 0.191 e. The van der Waals surface area contributed by atoms with Crippen LogP contribution in [0.15, 0.2) is 47.6 Å². The maximum Gasteiger partial charge on any atom is 0.191 e. The number of nitrogens with one attached hydrogen (secondary N) is 2. The highest BCUT2D eigenvalue weighted by atomic mass is 127. The lowest BCUT2D eigenvalue weighted by atomic mass is 10.1. The Kier molecular flexibility index (Phi) is 10.6. The van der Waals surface area contributed by atoms with Gasteiger partial charge in [0.25, 0.3) is 0 Å². The second-order valence-corrected chi connectivity index (χ2v) is 6.54. The molecular formula is C19H26ClFIN5. The van der Waals surface area contributed by atoms with Crippen LogP contribution in [0.25, 0.3) is 0 Å². The van der Waals surface area contributed by atoms with Gasteiger partial charge in [0, 0.05) is 26.3 Å². The van der Waals surface area contributed by atoms with Gasteiger partial charge in [0.1, 0.15) is 11.0 Å². The van der Waals surface area contributed by atoms with Gasteiger partial charge in [0.15, 0.2) is 5.96 Å². The summed E-state index contributed by atoms with van der Waals surface area (Å²) in [4.78, 5) is 10.4. The van der Waals surface area contributed by atoms with Gasteiger partial charge in [-0.15, -0.1) is 24.0 Å². The minimum Gasteiger partial charge on any atom is -0.356 e. The zero-order valence-corrected chi connectivity index (χ0v) is 18.8. The van der Waals surface area contributed by atoms with E-state index >= 15 is 0 Å². The van der Waals surface area contributed by atoms with Gasteiger partial charge in [-0.1, -0.05) is 29.8 Å². The number of aliphatic imine (C=N–C) groups is 1. The normalized spacial score (nSPS) is 12.4. The molecular weight excluding hydrogens is 480 g/mol. The van der Waals surface area contributed by atoms with Gasteiger partial charge in [-0.3, -0.25) is 4.99 Å². The molecule has 27 heavy (non-hydrogen) atoms. The number of likely N-dealkylation sites (N-methyl/N-ethyl adjacent to an activating group) is 1. The zero-order valence-electron chi connectivity index (χ0n) is 15.7. The molecule has 5 nitrogen and oxygen atoms in total. The fraction of sp³-hybridized carbons (Fsp3) is 0.368. The summed E-state index contributed by atoms with van der Waals surface area (Å²) < 4.78 is 13.2. The van der Waals surface area contributed by atoms with Crippen molar-refractivity contribution < 1.29 is 4.39 Å². The van der Waals surface area contributed by atoms with Gasteiger partial charge >= 0.3 is 0 Å². The molecule has 8 heteroatoms. The molecule has 0 amide bonds. The van der Waals surface area contributed by atoms with Gasteiger partial charge in [-0.25, -0.2) is 9.37 Å². The van der Waals surface area contributed by atoms with Gasteiger partial charge in [-0.2, -0.15) is 0 Å². The summed E-state index contributed by atoms with van der Waals surface area (Å²) in [5.74, 6) is 0.495. The number of hydrogen-bond donors (Lipinski definition) is 2. The fourth-order valence-corrected chi connectivity index (χ4v) is 2.69. The number of benzene rings is 1. The Bertz CT molecular complexity index is 707. The van der Waals surface area contributed by atoms with E-state index in [9.17, 15) is 4.39 Å². The topological polar surface area (TPSA) is 52.6 Å². The highest BCUT2D eigenvalue weighted by molar-refractivity contribution is 14.0. The molecule has 2 rings (SSSR count). The fourth-order valence-electron chi connectivity index (χ4n) is 2.58. The number of hydrogen-bond acceptors (Lipinski definition) is 3. The average Bonchev–Trinajstić information content (AvgIpc) is 2.63. The van der Waals surface area contributed by atoms with Crippen molar-refractivity contribution in [2.45, 2.75) is 12.5 Å². The van der Waals surface area contributed by atoms with Crippen LogP contribution in [0.4, 0.5) is 4.39 Å². The zero-order chi connectivity index (χ0) is 18.9. The van der Waals surface area contributed by atoms with E-state index in [0.717, 1.165) is 30.1 Å². The molecule has 0 bridgehead atoms. The molecule has 0 aliphatic carbocycles. The SMILES string of the molecule is CN=C(NCCc1ccc(Cl)nc1)NCC(c1ccc(F)cc1)N(C)C.I. The molecule has 0 spiro atoms. The summed E-state index contributed by atoms with van der Waals surface area (Å²) in [7, 11) is 5.74. The van der Waals surface area contributed by atoms with E-state index in [-0.39, 0.29) is 35.8 Å². The van der Waals surface area contributed by atoms with E-state index in [2.05, 4.69) is 25.5 Å². The minimum absolute atomic E-state index is 0. The number of aromatic nitrogens is 1. The van der Waals surface area contributed by atoms with Crippen molar-refractivity contribution in [3.05, 3.63) is 64.7 Å². The van der Waals surface area contributed by atoms with Crippen LogP contribution in [0.1, 0.15) is 17.2 Å². The van der Waals surface area contributed by atoms with Crippen LogP contribution in [0.2, 0.25) is 5.15 Å². The number of rotatable bonds is 7. The molecule has 0 aliphatic rings. The Morgan fingerprint density at radius 1 is 1.19 bits per heavy atom. The first-order valence-electron chi connectivity index (χ1n) is 8.46. The number of nitrogens with zero attached hydrogens (tertiary/aromatic N) is 3. The lowest BCUT2D eigenvalue weighted by molar-refractivity contribution is 0.298. The van der Waals surface area contributed by atoms with Gasteiger partial charge in [-0.05, 0) is 49.8 Å². The van der Waals surface area contributed by atoms with Gasteiger partial charge in [0.2, 0.25) is 0 Å². The lowest BCUT2D eigenvalue weighted by Gasteiger charge is -2.26. The van der Waals surface area contributed by atoms with Crippen LogP contribution >= 0.6 is 35.6 Å². The molecule has 1 atom stereocenters. The predicted molar refractivity (Wildman–Crippen MR) is 121 cm³/mol. The van der Waals surface area contributed by atoms with Gasteiger partial charge < -0.3 is 15.5 Å². The summed E-state index contributed by atoms with van der Waals surface area (Å²) >= 11 is 5.79. The van der Waals surface area contributed by atoms with Crippen molar-refractivity contribution in [3.8, 4) is 0 Å². The second kappa shape index (κ2) is 12.1. The highest BCUT2D eigenvalue weighted by Crippen LogP contribution is 2.17. The summed E-state index contributed by atoms with van der Waals surface area (Å²) in [6, 6.07) is 10.4. The van der Waals surface area contributed by atoms with E-state index < -0.39 is 0 Å². The van der Waals surface area contributed by atoms with Crippen molar-refractivity contribution in [1.82, 2.24) is 20.5 Å².